The van der Waals surface area contributed by atoms with E-state index < -0.39 is 5.60 Å². The summed E-state index contributed by atoms with van der Waals surface area (Å²) in [6, 6.07) is 9.99. The Hall–Kier alpha value is -2.83. The third-order valence-electron chi connectivity index (χ3n) is 4.89. The van der Waals surface area contributed by atoms with Gasteiger partial charge in [0.05, 0.1) is 12.3 Å². The smallest absolute Gasteiger partial charge is 0.410 e. The first-order valence-electron chi connectivity index (χ1n) is 11.0. The fraction of sp³-hybridized carbons (Fsp3) is 0.542. The molecule has 168 valence electrons. The number of ether oxygens (including phenoxy) is 2. The minimum absolute atomic E-state index is 0.188. The van der Waals surface area contributed by atoms with Crippen molar-refractivity contribution < 1.29 is 14.3 Å². The SMILES string of the molecule is CC(C)COc1ccc(CNc2nccc(C3CCN(C(=O)OC(C)(C)C)C3)n2)cc1. The fourth-order valence-corrected chi connectivity index (χ4v) is 3.33. The quantitative estimate of drug-likeness (QED) is 0.682. The normalized spacial score (nSPS) is 16.5. The van der Waals surface area contributed by atoms with Crippen LogP contribution in [0.25, 0.3) is 0 Å². The molecule has 0 spiro atoms. The van der Waals surface area contributed by atoms with E-state index in [2.05, 4.69) is 29.1 Å². The molecule has 7 nitrogen and oxygen atoms in total. The zero-order valence-electron chi connectivity index (χ0n) is 19.2. The molecule has 1 aromatic heterocycles. The van der Waals surface area contributed by atoms with Crippen LogP contribution < -0.4 is 10.1 Å². The number of hydrogen-bond donors (Lipinski definition) is 1. The number of benzene rings is 1. The van der Waals surface area contributed by atoms with Gasteiger partial charge in [-0.05, 0) is 56.9 Å². The van der Waals surface area contributed by atoms with Crippen LogP contribution in [0.1, 0.15) is 58.2 Å². The molecule has 0 saturated carbocycles. The number of amides is 1. The lowest BCUT2D eigenvalue weighted by molar-refractivity contribution is 0.0292. The molecular formula is C24H34N4O3. The van der Waals surface area contributed by atoms with Crippen molar-refractivity contribution in [1.82, 2.24) is 14.9 Å². The predicted octanol–water partition coefficient (Wildman–Crippen LogP) is 4.85. The van der Waals surface area contributed by atoms with Gasteiger partial charge in [-0.15, -0.1) is 0 Å². The Morgan fingerprint density at radius 1 is 1.23 bits per heavy atom. The van der Waals surface area contributed by atoms with Crippen molar-refractivity contribution in [3.05, 3.63) is 47.8 Å². The van der Waals surface area contributed by atoms with E-state index in [0.29, 0.717) is 38.1 Å². The summed E-state index contributed by atoms with van der Waals surface area (Å²) in [7, 11) is 0. The van der Waals surface area contributed by atoms with Gasteiger partial charge in [-0.1, -0.05) is 26.0 Å². The fourth-order valence-electron chi connectivity index (χ4n) is 3.33. The van der Waals surface area contributed by atoms with Gasteiger partial charge in [-0.25, -0.2) is 14.8 Å². The molecule has 31 heavy (non-hydrogen) atoms. The molecule has 1 aliphatic heterocycles. The predicted molar refractivity (Wildman–Crippen MR) is 121 cm³/mol. The van der Waals surface area contributed by atoms with Gasteiger partial charge in [0.2, 0.25) is 5.95 Å². The molecule has 0 radical (unpaired) electrons. The Balaban J connectivity index is 1.53. The van der Waals surface area contributed by atoms with E-state index in [1.165, 1.54) is 0 Å². The first kappa shape index (κ1) is 22.8. The number of carbonyl (C=O) groups is 1. The highest BCUT2D eigenvalue weighted by Gasteiger charge is 2.31. The zero-order valence-corrected chi connectivity index (χ0v) is 19.2. The Kier molecular flexibility index (Phi) is 7.36. The Bertz CT molecular complexity index is 862. The third kappa shape index (κ3) is 7.12. The molecule has 2 heterocycles. The highest BCUT2D eigenvalue weighted by molar-refractivity contribution is 5.68. The van der Waals surface area contributed by atoms with Crippen molar-refractivity contribution in [2.45, 2.75) is 59.1 Å². The van der Waals surface area contributed by atoms with Crippen LogP contribution in [0.15, 0.2) is 36.5 Å². The number of aromatic nitrogens is 2. The van der Waals surface area contributed by atoms with Crippen LogP contribution >= 0.6 is 0 Å². The molecule has 1 unspecified atom stereocenters. The van der Waals surface area contributed by atoms with Crippen LogP contribution in [-0.2, 0) is 11.3 Å². The largest absolute Gasteiger partial charge is 0.493 e. The monoisotopic (exact) mass is 426 g/mol. The van der Waals surface area contributed by atoms with Gasteiger partial charge in [0.25, 0.3) is 0 Å². The maximum Gasteiger partial charge on any atom is 0.410 e. The molecule has 1 saturated heterocycles. The summed E-state index contributed by atoms with van der Waals surface area (Å²) < 4.78 is 11.2. The highest BCUT2D eigenvalue weighted by Crippen LogP contribution is 2.27. The van der Waals surface area contributed by atoms with Crippen LogP contribution in [0, 0.1) is 5.92 Å². The standard InChI is InChI=1S/C24H34N4O3/c1-17(2)16-30-20-8-6-18(7-9-20)14-26-22-25-12-10-21(27-22)19-11-13-28(15-19)23(29)31-24(3,4)5/h6-10,12,17,19H,11,13-16H2,1-5H3,(H,25,26,27). The third-order valence-corrected chi connectivity index (χ3v) is 4.89. The van der Waals surface area contributed by atoms with E-state index in [9.17, 15) is 4.79 Å². The summed E-state index contributed by atoms with van der Waals surface area (Å²) in [5.74, 6) is 2.16. The van der Waals surface area contributed by atoms with Crippen molar-refractivity contribution >= 4 is 12.0 Å². The number of anilines is 1. The maximum absolute atomic E-state index is 12.3. The first-order valence-corrected chi connectivity index (χ1v) is 11.0. The number of hydrogen-bond acceptors (Lipinski definition) is 6. The molecule has 0 aliphatic carbocycles. The molecule has 1 aliphatic rings. The lowest BCUT2D eigenvalue weighted by Gasteiger charge is -2.24. The molecule has 1 N–H and O–H groups in total. The maximum atomic E-state index is 12.3. The van der Waals surface area contributed by atoms with E-state index in [-0.39, 0.29) is 12.0 Å². The van der Waals surface area contributed by atoms with Crippen molar-refractivity contribution in [2.75, 3.05) is 25.0 Å². The van der Waals surface area contributed by atoms with Gasteiger partial charge in [0.15, 0.2) is 0 Å². The second-order valence-electron chi connectivity index (χ2n) is 9.42. The molecule has 7 heteroatoms. The summed E-state index contributed by atoms with van der Waals surface area (Å²) >= 11 is 0. The molecule has 3 rings (SSSR count). The Morgan fingerprint density at radius 3 is 2.65 bits per heavy atom. The van der Waals surface area contributed by atoms with Crippen LogP contribution in [0.3, 0.4) is 0 Å². The van der Waals surface area contributed by atoms with Crippen LogP contribution in [0.4, 0.5) is 10.7 Å². The van der Waals surface area contributed by atoms with Gasteiger partial charge < -0.3 is 19.7 Å². The van der Waals surface area contributed by atoms with E-state index in [4.69, 9.17) is 9.47 Å². The van der Waals surface area contributed by atoms with Crippen molar-refractivity contribution in [3.8, 4) is 5.75 Å². The number of rotatable bonds is 7. The summed E-state index contributed by atoms with van der Waals surface area (Å²) in [5.41, 5.74) is 1.59. The Labute approximate surface area is 185 Å². The van der Waals surface area contributed by atoms with E-state index in [1.807, 2.05) is 51.1 Å². The van der Waals surface area contributed by atoms with Crippen molar-refractivity contribution in [3.63, 3.8) is 0 Å². The minimum Gasteiger partial charge on any atom is -0.493 e. The number of nitrogens with zero attached hydrogens (tertiary/aromatic N) is 3. The van der Waals surface area contributed by atoms with Crippen molar-refractivity contribution in [1.29, 1.82) is 0 Å². The highest BCUT2D eigenvalue weighted by atomic mass is 16.6. The minimum atomic E-state index is -0.486. The summed E-state index contributed by atoms with van der Waals surface area (Å²) in [6.45, 7) is 12.5. The average molecular weight is 427 g/mol. The average Bonchev–Trinajstić information content (AvgIpc) is 3.21. The molecule has 1 atom stereocenters. The van der Waals surface area contributed by atoms with Crippen molar-refractivity contribution in [2.24, 2.45) is 5.92 Å². The van der Waals surface area contributed by atoms with Gasteiger partial charge in [0.1, 0.15) is 11.4 Å². The number of carbonyl (C=O) groups excluding carboxylic acids is 1. The summed E-state index contributed by atoms with van der Waals surface area (Å²) in [5, 5.41) is 3.29. The van der Waals surface area contributed by atoms with Gasteiger partial charge >= 0.3 is 6.09 Å². The van der Waals surface area contributed by atoms with Gasteiger partial charge in [-0.2, -0.15) is 0 Å². The molecular weight excluding hydrogens is 392 g/mol. The van der Waals surface area contributed by atoms with E-state index in [1.54, 1.807) is 11.1 Å². The summed E-state index contributed by atoms with van der Waals surface area (Å²) in [4.78, 5) is 23.1. The van der Waals surface area contributed by atoms with Crippen LogP contribution in [0.2, 0.25) is 0 Å². The molecule has 1 aromatic carbocycles. The van der Waals surface area contributed by atoms with Gasteiger partial charge in [0, 0.05) is 31.7 Å². The Morgan fingerprint density at radius 2 is 1.97 bits per heavy atom. The van der Waals surface area contributed by atoms with Crippen LogP contribution in [0.5, 0.6) is 5.75 Å². The molecule has 2 aromatic rings. The van der Waals surface area contributed by atoms with Gasteiger partial charge in [-0.3, -0.25) is 0 Å². The molecule has 0 bridgehead atoms. The second-order valence-corrected chi connectivity index (χ2v) is 9.42. The lowest BCUT2D eigenvalue weighted by Crippen LogP contribution is -2.35. The molecule has 1 amide bonds. The molecule has 1 fully saturated rings. The summed E-state index contributed by atoms with van der Waals surface area (Å²) in [6.07, 6.45) is 2.38. The number of nitrogens with one attached hydrogen (secondary N) is 1. The topological polar surface area (TPSA) is 76.6 Å². The van der Waals surface area contributed by atoms with E-state index in [0.717, 1.165) is 23.4 Å². The lowest BCUT2D eigenvalue weighted by atomic mass is 10.1. The first-order chi connectivity index (χ1) is 14.7. The number of likely N-dealkylation sites (tertiary alicyclic amines) is 1. The van der Waals surface area contributed by atoms with E-state index >= 15 is 0 Å². The zero-order chi connectivity index (χ0) is 22.4. The van der Waals surface area contributed by atoms with Crippen LogP contribution in [-0.4, -0.2) is 46.3 Å². The second kappa shape index (κ2) is 9.98.